The zero-order valence-corrected chi connectivity index (χ0v) is 12.0. The summed E-state index contributed by atoms with van der Waals surface area (Å²) in [6, 6.07) is 0. The van der Waals surface area contributed by atoms with Crippen LogP contribution in [-0.4, -0.2) is 25.1 Å². The monoisotopic (exact) mass is 345 g/mol. The van der Waals surface area contributed by atoms with Gasteiger partial charge in [-0.15, -0.1) is 0 Å². The van der Waals surface area contributed by atoms with Gasteiger partial charge < -0.3 is 0 Å². The first-order valence-electron chi connectivity index (χ1n) is 5.67. The highest BCUT2D eigenvalue weighted by atomic mass is 127. The first-order valence-corrected chi connectivity index (χ1v) is 8.85. The average Bonchev–Trinajstić information content (AvgIpc) is 2.18. The van der Waals surface area contributed by atoms with Crippen molar-refractivity contribution < 1.29 is 8.42 Å². The highest BCUT2D eigenvalue weighted by molar-refractivity contribution is 14.1. The molecule has 1 saturated carbocycles. The summed E-state index contributed by atoms with van der Waals surface area (Å²) in [4.78, 5) is 0. The third-order valence-corrected chi connectivity index (χ3v) is 5.13. The average molecular weight is 345 g/mol. The van der Waals surface area contributed by atoms with E-state index in [-0.39, 0.29) is 0 Å². The topological polar surface area (TPSA) is 46.2 Å². The van der Waals surface area contributed by atoms with Crippen molar-refractivity contribution in [1.29, 1.82) is 0 Å². The first-order chi connectivity index (χ1) is 7.14. The summed E-state index contributed by atoms with van der Waals surface area (Å²) in [6.07, 6.45) is 6.78. The van der Waals surface area contributed by atoms with Crippen LogP contribution in [0.15, 0.2) is 0 Å². The van der Waals surface area contributed by atoms with Crippen LogP contribution in [0.25, 0.3) is 0 Å². The highest BCUT2D eigenvalue weighted by Gasteiger charge is 2.20. The van der Waals surface area contributed by atoms with Gasteiger partial charge >= 0.3 is 0 Å². The fourth-order valence-corrected chi connectivity index (χ4v) is 3.93. The number of hydrogen-bond donors (Lipinski definition) is 1. The van der Waals surface area contributed by atoms with E-state index in [1.54, 1.807) is 0 Å². The highest BCUT2D eigenvalue weighted by Crippen LogP contribution is 2.24. The van der Waals surface area contributed by atoms with E-state index < -0.39 is 10.0 Å². The maximum absolute atomic E-state index is 11.7. The van der Waals surface area contributed by atoms with Crippen LogP contribution in [0.3, 0.4) is 0 Å². The molecule has 90 valence electrons. The Morgan fingerprint density at radius 1 is 1.20 bits per heavy atom. The molecule has 5 heteroatoms. The van der Waals surface area contributed by atoms with Crippen LogP contribution >= 0.6 is 22.6 Å². The van der Waals surface area contributed by atoms with E-state index in [1.165, 1.54) is 19.3 Å². The minimum Gasteiger partial charge on any atom is -0.215 e. The molecule has 1 fully saturated rings. The molecule has 0 radical (unpaired) electrons. The van der Waals surface area contributed by atoms with Crippen molar-refractivity contribution in [2.45, 2.75) is 38.5 Å². The van der Waals surface area contributed by atoms with Crippen molar-refractivity contribution in [3.05, 3.63) is 0 Å². The summed E-state index contributed by atoms with van der Waals surface area (Å²) < 4.78 is 27.0. The molecule has 1 aliphatic carbocycles. The van der Waals surface area contributed by atoms with Crippen molar-refractivity contribution >= 4 is 32.6 Å². The second-order valence-electron chi connectivity index (χ2n) is 4.22. The van der Waals surface area contributed by atoms with Gasteiger partial charge in [0.25, 0.3) is 0 Å². The number of sulfonamides is 1. The molecule has 15 heavy (non-hydrogen) atoms. The minimum absolute atomic E-state index is 0.342. The fourth-order valence-electron chi connectivity index (χ4n) is 2.02. The summed E-state index contributed by atoms with van der Waals surface area (Å²) in [7, 11) is -3.01. The molecule has 0 amide bonds. The lowest BCUT2D eigenvalue weighted by molar-refractivity contribution is 0.384. The number of nitrogens with one attached hydrogen (secondary N) is 1. The molecule has 3 nitrogen and oxygen atoms in total. The van der Waals surface area contributed by atoms with Crippen LogP contribution in [-0.2, 0) is 10.0 Å². The van der Waals surface area contributed by atoms with Gasteiger partial charge in [-0.2, -0.15) is 0 Å². The Kier molecular flexibility index (Phi) is 6.45. The second-order valence-corrected chi connectivity index (χ2v) is 7.15. The SMILES string of the molecule is O=S(=O)(CC1CCCCC1)NCCCI. The molecule has 0 saturated heterocycles. The van der Waals surface area contributed by atoms with E-state index in [0.29, 0.717) is 18.2 Å². The van der Waals surface area contributed by atoms with Crippen molar-refractivity contribution in [3.63, 3.8) is 0 Å². The summed E-state index contributed by atoms with van der Waals surface area (Å²) >= 11 is 2.26. The van der Waals surface area contributed by atoms with Gasteiger partial charge in [-0.25, -0.2) is 13.1 Å². The van der Waals surface area contributed by atoms with E-state index in [4.69, 9.17) is 0 Å². The molecule has 0 aliphatic heterocycles. The Hall–Kier alpha value is 0.640. The Morgan fingerprint density at radius 3 is 2.47 bits per heavy atom. The fraction of sp³-hybridized carbons (Fsp3) is 1.00. The van der Waals surface area contributed by atoms with E-state index in [1.807, 2.05) is 0 Å². The molecular weight excluding hydrogens is 325 g/mol. The molecule has 0 atom stereocenters. The van der Waals surface area contributed by atoms with E-state index in [9.17, 15) is 8.42 Å². The minimum atomic E-state index is -3.01. The molecule has 0 bridgehead atoms. The lowest BCUT2D eigenvalue weighted by atomic mass is 9.91. The van der Waals surface area contributed by atoms with Gasteiger partial charge in [-0.1, -0.05) is 41.9 Å². The summed E-state index contributed by atoms with van der Waals surface area (Å²) in [5.74, 6) is 0.740. The van der Waals surface area contributed by atoms with E-state index >= 15 is 0 Å². The summed E-state index contributed by atoms with van der Waals surface area (Å²) in [5.41, 5.74) is 0. The Labute approximate surface area is 107 Å². The maximum atomic E-state index is 11.7. The summed E-state index contributed by atoms with van der Waals surface area (Å²) in [5, 5.41) is 0. The molecule has 0 aromatic heterocycles. The number of rotatable bonds is 6. The quantitative estimate of drug-likeness (QED) is 0.456. The van der Waals surface area contributed by atoms with Crippen molar-refractivity contribution in [2.24, 2.45) is 5.92 Å². The lowest BCUT2D eigenvalue weighted by Crippen LogP contribution is -2.31. The molecule has 0 heterocycles. The van der Waals surface area contributed by atoms with Crippen LogP contribution in [0.5, 0.6) is 0 Å². The zero-order valence-electron chi connectivity index (χ0n) is 9.04. The molecule has 0 aromatic rings. The van der Waals surface area contributed by atoms with Crippen LogP contribution in [0.4, 0.5) is 0 Å². The summed E-state index contributed by atoms with van der Waals surface area (Å²) in [6.45, 7) is 0.595. The molecule has 1 N–H and O–H groups in total. The Morgan fingerprint density at radius 2 is 1.87 bits per heavy atom. The van der Waals surface area contributed by atoms with E-state index in [2.05, 4.69) is 27.3 Å². The largest absolute Gasteiger partial charge is 0.215 e. The van der Waals surface area contributed by atoms with Gasteiger partial charge in [0, 0.05) is 11.0 Å². The van der Waals surface area contributed by atoms with Gasteiger partial charge in [0.05, 0.1) is 5.75 Å². The lowest BCUT2D eigenvalue weighted by Gasteiger charge is -2.21. The normalized spacial score (nSPS) is 19.3. The Bertz CT molecular complexity index is 261. The van der Waals surface area contributed by atoms with Crippen molar-refractivity contribution in [2.75, 3.05) is 16.7 Å². The smallest absolute Gasteiger partial charge is 0.211 e. The molecule has 0 spiro atoms. The molecular formula is C10H20INO2S. The van der Waals surface area contributed by atoms with E-state index in [0.717, 1.165) is 23.7 Å². The van der Waals surface area contributed by atoms with Crippen molar-refractivity contribution in [1.82, 2.24) is 4.72 Å². The standard InChI is InChI=1S/C10H20INO2S/c11-7-4-8-12-15(13,14)9-10-5-2-1-3-6-10/h10,12H,1-9H2. The van der Waals surface area contributed by atoms with Gasteiger partial charge in [0.1, 0.15) is 0 Å². The Balaban J connectivity index is 2.27. The van der Waals surface area contributed by atoms with Gasteiger partial charge in [-0.05, 0) is 25.2 Å². The van der Waals surface area contributed by atoms with Gasteiger partial charge in [-0.3, -0.25) is 0 Å². The van der Waals surface area contributed by atoms with Gasteiger partial charge in [0.15, 0.2) is 0 Å². The van der Waals surface area contributed by atoms with Crippen LogP contribution < -0.4 is 4.72 Å². The molecule has 1 aliphatic rings. The molecule has 0 aromatic carbocycles. The van der Waals surface area contributed by atoms with Crippen LogP contribution in [0, 0.1) is 5.92 Å². The first kappa shape index (κ1) is 13.7. The second kappa shape index (κ2) is 7.06. The molecule has 1 rings (SSSR count). The predicted octanol–water partition coefficient (Wildman–Crippen LogP) is 2.31. The maximum Gasteiger partial charge on any atom is 0.211 e. The predicted molar refractivity (Wildman–Crippen MR) is 71.9 cm³/mol. The zero-order chi connectivity index (χ0) is 11.1. The van der Waals surface area contributed by atoms with Crippen LogP contribution in [0.1, 0.15) is 38.5 Å². The third-order valence-electron chi connectivity index (χ3n) is 2.81. The third kappa shape index (κ3) is 6.06. The van der Waals surface area contributed by atoms with Crippen LogP contribution in [0.2, 0.25) is 0 Å². The van der Waals surface area contributed by atoms with Gasteiger partial charge in [0.2, 0.25) is 10.0 Å². The molecule has 0 unspecified atom stereocenters. The number of hydrogen-bond acceptors (Lipinski definition) is 2. The number of halogens is 1. The number of alkyl halides is 1. The van der Waals surface area contributed by atoms with Crippen molar-refractivity contribution in [3.8, 4) is 0 Å².